The number of hydrogen-bond acceptors (Lipinski definition) is 5. The Morgan fingerprint density at radius 1 is 1.42 bits per heavy atom. The number of urea groups is 1. The molecule has 0 aromatic rings. The van der Waals surface area contributed by atoms with E-state index in [1.807, 2.05) is 0 Å². The molecule has 0 bridgehead atoms. The minimum Gasteiger partial charge on any atom is -0.463 e. The van der Waals surface area contributed by atoms with Gasteiger partial charge in [-0.1, -0.05) is 20.8 Å². The fraction of sp³-hybridized carbons (Fsp3) is 0.706. The van der Waals surface area contributed by atoms with Gasteiger partial charge in [-0.2, -0.15) is 5.26 Å². The second-order valence-corrected chi connectivity index (χ2v) is 7.11. The van der Waals surface area contributed by atoms with Crippen LogP contribution in [0.2, 0.25) is 0 Å². The van der Waals surface area contributed by atoms with Crippen LogP contribution < -0.4 is 10.6 Å². The number of amides is 2. The molecule has 0 aromatic heterocycles. The van der Waals surface area contributed by atoms with Gasteiger partial charge in [-0.05, 0) is 19.3 Å². The van der Waals surface area contributed by atoms with E-state index in [-0.39, 0.29) is 18.1 Å². The van der Waals surface area contributed by atoms with Crippen LogP contribution in [-0.2, 0) is 9.53 Å². The first-order valence-electron chi connectivity index (χ1n) is 8.25. The first-order chi connectivity index (χ1) is 11.2. The van der Waals surface area contributed by atoms with Crippen molar-refractivity contribution in [3.05, 3.63) is 11.3 Å². The predicted octanol–water partition coefficient (Wildman–Crippen LogP) is 1.77. The smallest absolute Gasteiger partial charge is 0.337 e. The highest BCUT2D eigenvalue weighted by molar-refractivity contribution is 5.94. The maximum Gasteiger partial charge on any atom is 0.337 e. The number of nitrogens with one attached hydrogen (secondary N) is 2. The van der Waals surface area contributed by atoms with Gasteiger partial charge in [0.1, 0.15) is 0 Å². The standard InChI is InChI=1S/C17H28N4O3/c1-6-24-15(22)14-12(2)19-16(23)20-13(14)10-21(9-7-8-18)11-17(3,4)5/h12H,6-7,9-11H2,1-5H3,(H2,19,20,23)/t12-/m1/s1. The van der Waals surface area contributed by atoms with Gasteiger partial charge < -0.3 is 15.4 Å². The monoisotopic (exact) mass is 336 g/mol. The first kappa shape index (κ1) is 20.0. The van der Waals surface area contributed by atoms with Gasteiger partial charge in [0.15, 0.2) is 0 Å². The number of carbonyl (C=O) groups is 2. The summed E-state index contributed by atoms with van der Waals surface area (Å²) in [6.07, 6.45) is 0.389. The van der Waals surface area contributed by atoms with Crippen molar-refractivity contribution in [3.63, 3.8) is 0 Å². The lowest BCUT2D eigenvalue weighted by atomic mass is 9.95. The van der Waals surface area contributed by atoms with Crippen molar-refractivity contribution in [2.45, 2.75) is 47.1 Å². The molecule has 1 atom stereocenters. The molecule has 0 aromatic carbocycles. The highest BCUT2D eigenvalue weighted by Gasteiger charge is 2.31. The number of nitrogens with zero attached hydrogens (tertiary/aromatic N) is 2. The maximum absolute atomic E-state index is 12.3. The molecule has 134 valence electrons. The lowest BCUT2D eigenvalue weighted by Gasteiger charge is -2.33. The molecule has 2 N–H and O–H groups in total. The molecule has 7 heteroatoms. The summed E-state index contributed by atoms with van der Waals surface area (Å²) in [5.41, 5.74) is 1.02. The Morgan fingerprint density at radius 3 is 2.62 bits per heavy atom. The molecule has 0 radical (unpaired) electrons. The number of nitriles is 1. The molecule has 0 saturated heterocycles. The van der Waals surface area contributed by atoms with E-state index in [4.69, 9.17) is 10.00 Å². The van der Waals surface area contributed by atoms with Crippen LogP contribution in [0.3, 0.4) is 0 Å². The highest BCUT2D eigenvalue weighted by atomic mass is 16.5. The minimum absolute atomic E-state index is 0.0304. The van der Waals surface area contributed by atoms with Crippen LogP contribution in [0.4, 0.5) is 4.79 Å². The number of carbonyl (C=O) groups excluding carboxylic acids is 2. The largest absolute Gasteiger partial charge is 0.463 e. The van der Waals surface area contributed by atoms with E-state index in [1.54, 1.807) is 13.8 Å². The van der Waals surface area contributed by atoms with E-state index in [0.29, 0.717) is 30.8 Å². The van der Waals surface area contributed by atoms with Gasteiger partial charge in [-0.15, -0.1) is 0 Å². The number of hydrogen-bond donors (Lipinski definition) is 2. The normalized spacial score (nSPS) is 18.0. The van der Waals surface area contributed by atoms with E-state index in [1.165, 1.54) is 0 Å². The zero-order valence-corrected chi connectivity index (χ0v) is 15.2. The van der Waals surface area contributed by atoms with Crippen LogP contribution in [0.25, 0.3) is 0 Å². The van der Waals surface area contributed by atoms with Crippen molar-refractivity contribution < 1.29 is 14.3 Å². The van der Waals surface area contributed by atoms with E-state index in [0.717, 1.165) is 6.54 Å². The molecule has 1 aliphatic rings. The third kappa shape index (κ3) is 6.20. The van der Waals surface area contributed by atoms with Gasteiger partial charge in [0, 0.05) is 31.8 Å². The van der Waals surface area contributed by atoms with Crippen molar-refractivity contribution in [2.75, 3.05) is 26.2 Å². The minimum atomic E-state index is -0.427. The predicted molar refractivity (Wildman–Crippen MR) is 90.9 cm³/mol. The molecule has 0 unspecified atom stereocenters. The van der Waals surface area contributed by atoms with Crippen molar-refractivity contribution in [1.29, 1.82) is 5.26 Å². The quantitative estimate of drug-likeness (QED) is 0.691. The molecule has 0 aliphatic carbocycles. The lowest BCUT2D eigenvalue weighted by Crippen LogP contribution is -2.51. The summed E-state index contributed by atoms with van der Waals surface area (Å²) in [5.74, 6) is -0.427. The molecule has 1 aliphatic heterocycles. The summed E-state index contributed by atoms with van der Waals surface area (Å²) >= 11 is 0. The van der Waals surface area contributed by atoms with E-state index in [9.17, 15) is 9.59 Å². The van der Waals surface area contributed by atoms with E-state index >= 15 is 0 Å². The van der Waals surface area contributed by atoms with Gasteiger partial charge in [0.25, 0.3) is 0 Å². The zero-order chi connectivity index (χ0) is 18.3. The Bertz CT molecular complexity index is 543. The topological polar surface area (TPSA) is 94.5 Å². The first-order valence-corrected chi connectivity index (χ1v) is 8.25. The SMILES string of the molecule is CCOC(=O)C1=C(CN(CCC#N)CC(C)(C)C)NC(=O)N[C@@H]1C. The third-order valence-corrected chi connectivity index (χ3v) is 3.49. The zero-order valence-electron chi connectivity index (χ0n) is 15.2. The molecule has 2 amide bonds. The molecular formula is C17H28N4O3. The summed E-state index contributed by atoms with van der Waals surface area (Å²) in [6, 6.07) is 1.40. The van der Waals surface area contributed by atoms with Crippen molar-refractivity contribution in [2.24, 2.45) is 5.41 Å². The molecule has 7 nitrogen and oxygen atoms in total. The molecule has 1 rings (SSSR count). The van der Waals surface area contributed by atoms with E-state index in [2.05, 4.69) is 42.4 Å². The second kappa shape index (κ2) is 8.69. The molecule has 0 fully saturated rings. The summed E-state index contributed by atoms with van der Waals surface area (Å²) in [5, 5.41) is 14.3. The fourth-order valence-corrected chi connectivity index (χ4v) is 2.72. The molecule has 24 heavy (non-hydrogen) atoms. The van der Waals surface area contributed by atoms with Crippen molar-refractivity contribution in [3.8, 4) is 6.07 Å². The number of esters is 1. The van der Waals surface area contributed by atoms with Crippen LogP contribution in [0.15, 0.2) is 11.3 Å². The van der Waals surface area contributed by atoms with Gasteiger partial charge in [0.2, 0.25) is 0 Å². The van der Waals surface area contributed by atoms with Crippen molar-refractivity contribution in [1.82, 2.24) is 15.5 Å². The van der Waals surface area contributed by atoms with Crippen LogP contribution >= 0.6 is 0 Å². The Morgan fingerprint density at radius 2 is 2.08 bits per heavy atom. The highest BCUT2D eigenvalue weighted by Crippen LogP contribution is 2.19. The summed E-state index contributed by atoms with van der Waals surface area (Å²) in [7, 11) is 0. The van der Waals surface area contributed by atoms with Gasteiger partial charge in [0.05, 0.1) is 24.3 Å². The summed E-state index contributed by atoms with van der Waals surface area (Å²) in [6.45, 7) is 11.8. The maximum atomic E-state index is 12.3. The van der Waals surface area contributed by atoms with Crippen LogP contribution in [0.1, 0.15) is 41.0 Å². The van der Waals surface area contributed by atoms with Gasteiger partial charge >= 0.3 is 12.0 Å². The number of ether oxygens (including phenoxy) is 1. The van der Waals surface area contributed by atoms with Gasteiger partial charge in [-0.25, -0.2) is 9.59 Å². The average molecular weight is 336 g/mol. The Labute approximate surface area is 144 Å². The molecular weight excluding hydrogens is 308 g/mol. The Hall–Kier alpha value is -2.07. The Balaban J connectivity index is 3.08. The third-order valence-electron chi connectivity index (χ3n) is 3.49. The van der Waals surface area contributed by atoms with Crippen LogP contribution in [-0.4, -0.2) is 49.2 Å². The van der Waals surface area contributed by atoms with E-state index < -0.39 is 12.0 Å². The summed E-state index contributed by atoms with van der Waals surface area (Å²) < 4.78 is 5.12. The lowest BCUT2D eigenvalue weighted by molar-refractivity contribution is -0.139. The summed E-state index contributed by atoms with van der Waals surface area (Å²) in [4.78, 5) is 26.2. The Kier molecular flexibility index (Phi) is 7.23. The number of rotatable bonds is 7. The van der Waals surface area contributed by atoms with Gasteiger partial charge in [-0.3, -0.25) is 4.90 Å². The van der Waals surface area contributed by atoms with Crippen LogP contribution in [0.5, 0.6) is 0 Å². The molecule has 0 saturated carbocycles. The molecule has 0 spiro atoms. The molecule has 1 heterocycles. The fourth-order valence-electron chi connectivity index (χ4n) is 2.72. The van der Waals surface area contributed by atoms with Crippen molar-refractivity contribution >= 4 is 12.0 Å². The second-order valence-electron chi connectivity index (χ2n) is 7.11. The average Bonchev–Trinajstić information content (AvgIpc) is 2.42. The van der Waals surface area contributed by atoms with Crippen LogP contribution in [0, 0.1) is 16.7 Å².